The van der Waals surface area contributed by atoms with E-state index in [1.807, 2.05) is 12.1 Å². The number of amides is 2. The molecule has 3 aliphatic rings. The van der Waals surface area contributed by atoms with Crippen molar-refractivity contribution in [2.24, 2.45) is 5.92 Å². The van der Waals surface area contributed by atoms with Gasteiger partial charge in [-0.3, -0.25) is 4.90 Å². The lowest BCUT2D eigenvalue weighted by molar-refractivity contribution is 0.196. The Hall–Kier alpha value is -2.42. The van der Waals surface area contributed by atoms with Crippen molar-refractivity contribution >= 4 is 28.4 Å². The maximum Gasteiger partial charge on any atom is 0.319 e. The highest BCUT2D eigenvalue weighted by Crippen LogP contribution is 2.26. The Balaban J connectivity index is 1.10. The molecule has 3 fully saturated rings. The molecule has 208 valence electrons. The van der Waals surface area contributed by atoms with E-state index in [9.17, 15) is 4.79 Å². The van der Waals surface area contributed by atoms with Gasteiger partial charge in [0.1, 0.15) is 5.82 Å². The normalized spacial score (nSPS) is 20.4. The molecule has 5 rings (SSSR count). The number of urea groups is 1. The molecule has 0 spiro atoms. The summed E-state index contributed by atoms with van der Waals surface area (Å²) in [4.78, 5) is 25.1. The molecule has 8 heteroatoms. The van der Waals surface area contributed by atoms with Crippen LogP contribution in [0.3, 0.4) is 0 Å². The molecule has 4 heterocycles. The summed E-state index contributed by atoms with van der Waals surface area (Å²) in [5.74, 6) is 1.91. The number of aromatic nitrogens is 1. The quantitative estimate of drug-likeness (QED) is 0.455. The zero-order valence-corrected chi connectivity index (χ0v) is 23.3. The minimum atomic E-state index is -0.134. The standard InChI is InChI=1S/C30H47N7O/c1-24-21-29(37-19-17-36(18-20-37)23-25-9-12-31-13-10-25)34-28-8-7-26(22-27(24)28)33-30(38)32-11-6-16-35-14-4-2-3-5-15-35/h7-8,21-22,25,31H,2-6,9-20,23H2,1H3,(H2,32,33,38). The van der Waals surface area contributed by atoms with E-state index >= 15 is 0 Å². The first-order valence-electron chi connectivity index (χ1n) is 15.0. The summed E-state index contributed by atoms with van der Waals surface area (Å²) in [6, 6.07) is 8.12. The molecule has 3 saturated heterocycles. The fourth-order valence-corrected chi connectivity index (χ4v) is 6.24. The number of benzene rings is 1. The number of nitrogens with zero attached hydrogens (tertiary/aromatic N) is 4. The molecule has 3 aliphatic heterocycles. The third kappa shape index (κ3) is 7.58. The molecule has 2 aromatic rings. The Kier molecular flexibility index (Phi) is 9.71. The van der Waals surface area contributed by atoms with Crippen LogP contribution < -0.4 is 20.9 Å². The van der Waals surface area contributed by atoms with Gasteiger partial charge in [-0.25, -0.2) is 9.78 Å². The number of pyridine rings is 1. The predicted molar refractivity (Wildman–Crippen MR) is 157 cm³/mol. The molecule has 0 aliphatic carbocycles. The number of likely N-dealkylation sites (tertiary alicyclic amines) is 1. The second-order valence-electron chi connectivity index (χ2n) is 11.5. The molecule has 1 aromatic carbocycles. The number of anilines is 2. The molecular weight excluding hydrogens is 474 g/mol. The molecule has 0 saturated carbocycles. The molecule has 0 atom stereocenters. The van der Waals surface area contributed by atoms with Gasteiger partial charge in [-0.15, -0.1) is 0 Å². The zero-order valence-electron chi connectivity index (χ0n) is 23.3. The van der Waals surface area contributed by atoms with E-state index in [1.165, 1.54) is 76.8 Å². The molecule has 3 N–H and O–H groups in total. The van der Waals surface area contributed by atoms with Crippen LogP contribution in [-0.2, 0) is 0 Å². The van der Waals surface area contributed by atoms with Crippen LogP contribution in [-0.4, -0.2) is 92.8 Å². The van der Waals surface area contributed by atoms with Crippen molar-refractivity contribution in [2.75, 3.05) is 82.2 Å². The number of nitrogens with one attached hydrogen (secondary N) is 3. The van der Waals surface area contributed by atoms with Gasteiger partial charge in [-0.1, -0.05) is 12.8 Å². The van der Waals surface area contributed by atoms with Crippen molar-refractivity contribution in [3.8, 4) is 0 Å². The first kappa shape index (κ1) is 27.2. The van der Waals surface area contributed by atoms with Gasteiger partial charge in [-0.05, 0) is 107 Å². The zero-order chi connectivity index (χ0) is 26.2. The van der Waals surface area contributed by atoms with Crippen LogP contribution in [0.1, 0.15) is 50.5 Å². The number of fused-ring (bicyclic) bond motifs is 1. The van der Waals surface area contributed by atoms with E-state index in [2.05, 4.69) is 49.7 Å². The highest BCUT2D eigenvalue weighted by Gasteiger charge is 2.22. The minimum Gasteiger partial charge on any atom is -0.354 e. The van der Waals surface area contributed by atoms with Gasteiger partial charge in [0.25, 0.3) is 0 Å². The summed E-state index contributed by atoms with van der Waals surface area (Å²) in [5.41, 5.74) is 3.00. The molecule has 8 nitrogen and oxygen atoms in total. The number of hydrogen-bond acceptors (Lipinski definition) is 6. The first-order chi connectivity index (χ1) is 18.6. The van der Waals surface area contributed by atoms with E-state index in [0.29, 0.717) is 6.54 Å². The van der Waals surface area contributed by atoms with Crippen LogP contribution in [0, 0.1) is 12.8 Å². The highest BCUT2D eigenvalue weighted by molar-refractivity contribution is 5.94. The number of aryl methyl sites for hydroxylation is 1. The molecule has 2 amide bonds. The van der Waals surface area contributed by atoms with Crippen LogP contribution in [0.5, 0.6) is 0 Å². The average Bonchev–Trinajstić information content (AvgIpc) is 3.21. The topological polar surface area (TPSA) is 75.8 Å². The van der Waals surface area contributed by atoms with Crippen molar-refractivity contribution < 1.29 is 4.79 Å². The molecule has 1 aromatic heterocycles. The SMILES string of the molecule is Cc1cc(N2CCN(CC3CCNCC3)CC2)nc2ccc(NC(=O)NCCCN3CCCCCC3)cc12. The van der Waals surface area contributed by atoms with E-state index in [0.717, 1.165) is 67.5 Å². The van der Waals surface area contributed by atoms with Crippen LogP contribution >= 0.6 is 0 Å². The Labute approximate surface area is 228 Å². The lowest BCUT2D eigenvalue weighted by atomic mass is 9.97. The van der Waals surface area contributed by atoms with Crippen molar-refractivity contribution in [2.45, 2.75) is 51.9 Å². The van der Waals surface area contributed by atoms with Crippen LogP contribution in [0.2, 0.25) is 0 Å². The molecule has 0 unspecified atom stereocenters. The molecule has 38 heavy (non-hydrogen) atoms. The van der Waals surface area contributed by atoms with Gasteiger partial charge >= 0.3 is 6.03 Å². The lowest BCUT2D eigenvalue weighted by Gasteiger charge is -2.38. The van der Waals surface area contributed by atoms with E-state index in [-0.39, 0.29) is 6.03 Å². The molecule has 0 bridgehead atoms. The minimum absolute atomic E-state index is 0.134. The summed E-state index contributed by atoms with van der Waals surface area (Å²) in [5, 5.41) is 10.6. The van der Waals surface area contributed by atoms with E-state index in [4.69, 9.17) is 4.98 Å². The van der Waals surface area contributed by atoms with E-state index < -0.39 is 0 Å². The predicted octanol–water partition coefficient (Wildman–Crippen LogP) is 4.05. The lowest BCUT2D eigenvalue weighted by Crippen LogP contribution is -2.48. The first-order valence-corrected chi connectivity index (χ1v) is 15.0. The Morgan fingerprint density at radius 2 is 1.74 bits per heavy atom. The van der Waals surface area contributed by atoms with Crippen molar-refractivity contribution in [1.82, 2.24) is 25.4 Å². The Morgan fingerprint density at radius 3 is 2.50 bits per heavy atom. The molecular formula is C30H47N7O. The Morgan fingerprint density at radius 1 is 0.974 bits per heavy atom. The average molecular weight is 522 g/mol. The van der Waals surface area contributed by atoms with E-state index in [1.54, 1.807) is 0 Å². The highest BCUT2D eigenvalue weighted by atomic mass is 16.2. The number of carbonyl (C=O) groups is 1. The van der Waals surface area contributed by atoms with Crippen molar-refractivity contribution in [1.29, 1.82) is 0 Å². The summed E-state index contributed by atoms with van der Waals surface area (Å²) in [7, 11) is 0. The summed E-state index contributed by atoms with van der Waals surface area (Å²) in [6.45, 7) is 14.2. The maximum absolute atomic E-state index is 12.5. The Bertz CT molecular complexity index is 1040. The fraction of sp³-hybridized carbons (Fsp3) is 0.667. The maximum atomic E-state index is 12.5. The van der Waals surface area contributed by atoms with Gasteiger partial charge in [0.2, 0.25) is 0 Å². The summed E-state index contributed by atoms with van der Waals surface area (Å²) < 4.78 is 0. The monoisotopic (exact) mass is 521 g/mol. The number of rotatable bonds is 8. The second kappa shape index (κ2) is 13.6. The van der Waals surface area contributed by atoms with Crippen LogP contribution in [0.4, 0.5) is 16.3 Å². The largest absolute Gasteiger partial charge is 0.354 e. The third-order valence-electron chi connectivity index (χ3n) is 8.57. The fourth-order valence-electron chi connectivity index (χ4n) is 6.24. The third-order valence-corrected chi connectivity index (χ3v) is 8.57. The van der Waals surface area contributed by atoms with Crippen LogP contribution in [0.25, 0.3) is 10.9 Å². The van der Waals surface area contributed by atoms with Crippen LogP contribution in [0.15, 0.2) is 24.3 Å². The summed E-state index contributed by atoms with van der Waals surface area (Å²) in [6.07, 6.45) is 8.93. The van der Waals surface area contributed by atoms with Gasteiger partial charge < -0.3 is 25.8 Å². The number of piperidine rings is 1. The molecule has 0 radical (unpaired) electrons. The van der Waals surface area contributed by atoms with Crippen molar-refractivity contribution in [3.63, 3.8) is 0 Å². The number of carbonyl (C=O) groups excluding carboxylic acids is 1. The smallest absolute Gasteiger partial charge is 0.319 e. The van der Waals surface area contributed by atoms with Gasteiger partial charge in [0, 0.05) is 50.3 Å². The second-order valence-corrected chi connectivity index (χ2v) is 11.5. The van der Waals surface area contributed by atoms with Gasteiger partial charge in [0.15, 0.2) is 0 Å². The van der Waals surface area contributed by atoms with Gasteiger partial charge in [-0.2, -0.15) is 0 Å². The van der Waals surface area contributed by atoms with Crippen molar-refractivity contribution in [3.05, 3.63) is 29.8 Å². The van der Waals surface area contributed by atoms with Gasteiger partial charge in [0.05, 0.1) is 5.52 Å². The number of piperazine rings is 1. The number of hydrogen-bond donors (Lipinski definition) is 3. The summed E-state index contributed by atoms with van der Waals surface area (Å²) >= 11 is 0.